The van der Waals surface area contributed by atoms with E-state index in [0.717, 1.165) is 0 Å². The molecule has 4 aromatic rings. The summed E-state index contributed by atoms with van der Waals surface area (Å²) in [6.45, 7) is 0. The van der Waals surface area contributed by atoms with E-state index in [-0.39, 0.29) is 22.1 Å². The minimum Gasteiger partial charge on any atom is -0.436 e. The molecule has 6 nitrogen and oxygen atoms in total. The highest BCUT2D eigenvalue weighted by molar-refractivity contribution is 7.87. The van der Waals surface area contributed by atoms with Gasteiger partial charge in [-0.25, -0.2) is 4.98 Å². The molecule has 0 amide bonds. The van der Waals surface area contributed by atoms with Gasteiger partial charge >= 0.3 is 10.1 Å². The zero-order valence-corrected chi connectivity index (χ0v) is 15.7. The minimum absolute atomic E-state index is 0.00325. The fourth-order valence-electron chi connectivity index (χ4n) is 2.67. The second-order valence-electron chi connectivity index (χ2n) is 5.77. The van der Waals surface area contributed by atoms with Crippen LogP contribution in [-0.2, 0) is 10.1 Å². The maximum absolute atomic E-state index is 12.7. The SMILES string of the molecule is N#Cc1ccccc1S(=O)(=O)Oc1ccccc1-c1nc2cc(Cl)ccc2o1. The van der Waals surface area contributed by atoms with Crippen LogP contribution in [0.4, 0.5) is 0 Å². The van der Waals surface area contributed by atoms with Gasteiger partial charge < -0.3 is 8.60 Å². The number of hydrogen-bond donors (Lipinski definition) is 0. The Morgan fingerprint density at radius 2 is 1.79 bits per heavy atom. The fraction of sp³-hybridized carbons (Fsp3) is 0. The first kappa shape index (κ1) is 18.0. The van der Waals surface area contributed by atoms with Gasteiger partial charge in [-0.05, 0) is 42.5 Å². The number of rotatable bonds is 4. The molecule has 0 saturated heterocycles. The Labute approximate surface area is 165 Å². The average Bonchev–Trinajstić information content (AvgIpc) is 3.11. The van der Waals surface area contributed by atoms with Gasteiger partial charge in [0.15, 0.2) is 11.3 Å². The van der Waals surface area contributed by atoms with Crippen LogP contribution >= 0.6 is 11.6 Å². The van der Waals surface area contributed by atoms with E-state index in [1.54, 1.807) is 42.5 Å². The summed E-state index contributed by atoms with van der Waals surface area (Å²) in [4.78, 5) is 4.15. The van der Waals surface area contributed by atoms with Crippen molar-refractivity contribution in [3.63, 3.8) is 0 Å². The molecule has 0 atom stereocenters. The van der Waals surface area contributed by atoms with Crippen molar-refractivity contribution < 1.29 is 17.0 Å². The highest BCUT2D eigenvalue weighted by atomic mass is 35.5. The van der Waals surface area contributed by atoms with Crippen molar-refractivity contribution in [2.45, 2.75) is 4.90 Å². The molecular formula is C20H11ClN2O4S. The summed E-state index contributed by atoms with van der Waals surface area (Å²) in [6.07, 6.45) is 0. The molecule has 0 unspecified atom stereocenters. The van der Waals surface area contributed by atoms with Gasteiger partial charge in [0.2, 0.25) is 5.89 Å². The summed E-state index contributed by atoms with van der Waals surface area (Å²) in [7, 11) is -4.24. The molecule has 0 radical (unpaired) electrons. The molecule has 138 valence electrons. The Hall–Kier alpha value is -3.34. The van der Waals surface area contributed by atoms with Gasteiger partial charge in [0, 0.05) is 5.02 Å². The quantitative estimate of drug-likeness (QED) is 0.449. The van der Waals surface area contributed by atoms with Crippen molar-refractivity contribution in [1.82, 2.24) is 4.98 Å². The van der Waals surface area contributed by atoms with E-state index < -0.39 is 10.1 Å². The number of halogens is 1. The predicted molar refractivity (Wildman–Crippen MR) is 103 cm³/mol. The molecule has 3 aromatic carbocycles. The van der Waals surface area contributed by atoms with Gasteiger partial charge in [-0.3, -0.25) is 0 Å². The van der Waals surface area contributed by atoms with E-state index in [1.807, 2.05) is 6.07 Å². The van der Waals surface area contributed by atoms with Crippen molar-refractivity contribution >= 4 is 32.8 Å². The van der Waals surface area contributed by atoms with Crippen LogP contribution in [-0.4, -0.2) is 13.4 Å². The zero-order chi connectivity index (χ0) is 19.7. The van der Waals surface area contributed by atoms with Crippen LogP contribution in [0.5, 0.6) is 5.75 Å². The number of nitrogens with zero attached hydrogens (tertiary/aromatic N) is 2. The van der Waals surface area contributed by atoms with Crippen molar-refractivity contribution in [3.8, 4) is 23.3 Å². The van der Waals surface area contributed by atoms with Gasteiger partial charge in [0.25, 0.3) is 0 Å². The van der Waals surface area contributed by atoms with Gasteiger partial charge in [0.1, 0.15) is 16.5 Å². The highest BCUT2D eigenvalue weighted by Gasteiger charge is 2.23. The zero-order valence-electron chi connectivity index (χ0n) is 14.2. The van der Waals surface area contributed by atoms with E-state index in [9.17, 15) is 13.7 Å². The first-order valence-electron chi connectivity index (χ1n) is 8.07. The van der Waals surface area contributed by atoms with Crippen LogP contribution < -0.4 is 4.18 Å². The molecule has 0 N–H and O–H groups in total. The van der Waals surface area contributed by atoms with Crippen LogP contribution in [0.15, 0.2) is 76.0 Å². The molecule has 0 aliphatic rings. The molecule has 1 aromatic heterocycles. The lowest BCUT2D eigenvalue weighted by Crippen LogP contribution is -2.12. The summed E-state index contributed by atoms with van der Waals surface area (Å²) in [5.74, 6) is 0.226. The third kappa shape index (κ3) is 3.31. The molecule has 0 aliphatic heterocycles. The van der Waals surface area contributed by atoms with Crippen molar-refractivity contribution in [2.75, 3.05) is 0 Å². The monoisotopic (exact) mass is 410 g/mol. The Kier molecular flexibility index (Phi) is 4.51. The van der Waals surface area contributed by atoms with E-state index in [1.165, 1.54) is 24.3 Å². The van der Waals surface area contributed by atoms with Gasteiger partial charge in [-0.1, -0.05) is 35.9 Å². The number of hydrogen-bond acceptors (Lipinski definition) is 6. The molecule has 28 heavy (non-hydrogen) atoms. The predicted octanol–water partition coefficient (Wildman–Crippen LogP) is 4.79. The Morgan fingerprint density at radius 1 is 1.04 bits per heavy atom. The lowest BCUT2D eigenvalue weighted by Gasteiger charge is -2.10. The largest absolute Gasteiger partial charge is 0.436 e. The third-order valence-corrected chi connectivity index (χ3v) is 5.47. The number of fused-ring (bicyclic) bond motifs is 1. The van der Waals surface area contributed by atoms with Crippen LogP contribution in [0, 0.1) is 11.3 Å². The summed E-state index contributed by atoms with van der Waals surface area (Å²) in [5, 5.41) is 9.68. The van der Waals surface area contributed by atoms with Crippen molar-refractivity contribution in [3.05, 3.63) is 77.3 Å². The van der Waals surface area contributed by atoms with E-state index in [0.29, 0.717) is 21.7 Å². The molecule has 4 rings (SSSR count). The molecule has 0 aliphatic carbocycles. The second-order valence-corrected chi connectivity index (χ2v) is 7.72. The molecule has 8 heteroatoms. The summed E-state index contributed by atoms with van der Waals surface area (Å²) >= 11 is 5.98. The van der Waals surface area contributed by atoms with Crippen molar-refractivity contribution in [2.24, 2.45) is 0 Å². The molecule has 0 saturated carbocycles. The van der Waals surface area contributed by atoms with E-state index >= 15 is 0 Å². The molecular weight excluding hydrogens is 400 g/mol. The number of para-hydroxylation sites is 1. The number of benzene rings is 3. The maximum atomic E-state index is 12.7. The van der Waals surface area contributed by atoms with Crippen molar-refractivity contribution in [1.29, 1.82) is 5.26 Å². The molecule has 0 spiro atoms. The standard InChI is InChI=1S/C20H11ClN2O4S/c21-14-9-10-18-16(11-14)23-20(26-18)15-6-2-3-7-17(15)27-28(24,25)19-8-4-1-5-13(19)12-22/h1-11H. The topological polar surface area (TPSA) is 93.2 Å². The lowest BCUT2D eigenvalue weighted by molar-refractivity contribution is 0.485. The highest BCUT2D eigenvalue weighted by Crippen LogP contribution is 2.34. The molecule has 0 fully saturated rings. The van der Waals surface area contributed by atoms with Crippen LogP contribution in [0.25, 0.3) is 22.6 Å². The lowest BCUT2D eigenvalue weighted by atomic mass is 10.2. The maximum Gasteiger partial charge on any atom is 0.340 e. The van der Waals surface area contributed by atoms with Gasteiger partial charge in [0.05, 0.1) is 11.1 Å². The number of aromatic nitrogens is 1. The van der Waals surface area contributed by atoms with Gasteiger partial charge in [-0.15, -0.1) is 0 Å². The van der Waals surface area contributed by atoms with E-state index in [4.69, 9.17) is 20.2 Å². The van der Waals surface area contributed by atoms with Crippen LogP contribution in [0.2, 0.25) is 5.02 Å². The Bertz CT molecular complexity index is 1340. The Morgan fingerprint density at radius 3 is 2.61 bits per heavy atom. The summed E-state index contributed by atoms with van der Waals surface area (Å²) in [6, 6.07) is 19.1. The summed E-state index contributed by atoms with van der Waals surface area (Å²) < 4.78 is 36.5. The first-order chi connectivity index (χ1) is 13.5. The number of oxazole rings is 1. The van der Waals surface area contributed by atoms with Crippen LogP contribution in [0.1, 0.15) is 5.56 Å². The first-order valence-corrected chi connectivity index (χ1v) is 9.86. The number of nitriles is 1. The van der Waals surface area contributed by atoms with Gasteiger partial charge in [-0.2, -0.15) is 13.7 Å². The smallest absolute Gasteiger partial charge is 0.340 e. The average molecular weight is 411 g/mol. The van der Waals surface area contributed by atoms with E-state index in [2.05, 4.69) is 4.98 Å². The molecule has 1 heterocycles. The normalized spacial score (nSPS) is 11.3. The molecule has 0 bridgehead atoms. The second kappa shape index (κ2) is 7.00. The minimum atomic E-state index is -4.24. The fourth-order valence-corrected chi connectivity index (χ4v) is 3.94. The Balaban J connectivity index is 1.79. The third-order valence-electron chi connectivity index (χ3n) is 3.94. The summed E-state index contributed by atoms with van der Waals surface area (Å²) in [5.41, 5.74) is 1.39. The van der Waals surface area contributed by atoms with Crippen LogP contribution in [0.3, 0.4) is 0 Å².